The zero-order valence-corrected chi connectivity index (χ0v) is 10.7. The van der Waals surface area contributed by atoms with E-state index in [0.29, 0.717) is 11.5 Å². The number of para-hydroxylation sites is 1. The first-order valence-electron chi connectivity index (χ1n) is 6.39. The van der Waals surface area contributed by atoms with Crippen LogP contribution in [0.4, 0.5) is 0 Å². The van der Waals surface area contributed by atoms with E-state index in [9.17, 15) is 5.11 Å². The first-order valence-corrected chi connectivity index (χ1v) is 6.39. The summed E-state index contributed by atoms with van der Waals surface area (Å²) in [6.07, 6.45) is 2.58. The van der Waals surface area contributed by atoms with Crippen LogP contribution in [0.3, 0.4) is 0 Å². The van der Waals surface area contributed by atoms with Crippen LogP contribution in [-0.2, 0) is 6.54 Å². The van der Waals surface area contributed by atoms with Gasteiger partial charge in [0.2, 0.25) is 0 Å². The van der Waals surface area contributed by atoms with Gasteiger partial charge in [-0.2, -0.15) is 0 Å². The van der Waals surface area contributed by atoms with Gasteiger partial charge >= 0.3 is 0 Å². The number of rotatable bonds is 3. The van der Waals surface area contributed by atoms with Gasteiger partial charge in [-0.3, -0.25) is 0 Å². The summed E-state index contributed by atoms with van der Waals surface area (Å²) in [6, 6.07) is 5.73. The Labute approximate surface area is 103 Å². The van der Waals surface area contributed by atoms with Crippen LogP contribution < -0.4 is 9.64 Å². The number of hydrogen-bond acceptors (Lipinski definition) is 2. The van der Waals surface area contributed by atoms with Gasteiger partial charge < -0.3 is 14.7 Å². The first-order chi connectivity index (χ1) is 8.20. The van der Waals surface area contributed by atoms with Crippen LogP contribution in [0.1, 0.15) is 25.3 Å². The van der Waals surface area contributed by atoms with Gasteiger partial charge in [0.25, 0.3) is 0 Å². The molecule has 0 saturated carbocycles. The molecule has 1 saturated heterocycles. The molecule has 1 fully saturated rings. The van der Waals surface area contributed by atoms with Crippen LogP contribution in [-0.4, -0.2) is 25.3 Å². The number of phenols is 1. The summed E-state index contributed by atoms with van der Waals surface area (Å²) >= 11 is 0. The lowest BCUT2D eigenvalue weighted by Gasteiger charge is -2.27. The summed E-state index contributed by atoms with van der Waals surface area (Å²) in [5.74, 6) is 1.74. The third kappa shape index (κ3) is 2.91. The van der Waals surface area contributed by atoms with Gasteiger partial charge in [-0.15, -0.1) is 0 Å². The minimum absolute atomic E-state index is 0.307. The lowest BCUT2D eigenvalue weighted by Crippen LogP contribution is -3.11. The SMILES string of the molecule is COc1cccc(C[NH+]2CCC(C)CC2)c1O. The fourth-order valence-electron chi connectivity index (χ4n) is 2.49. The molecule has 0 atom stereocenters. The average Bonchev–Trinajstić information content (AvgIpc) is 2.35. The monoisotopic (exact) mass is 236 g/mol. The van der Waals surface area contributed by atoms with Crippen LogP contribution in [0.15, 0.2) is 18.2 Å². The van der Waals surface area contributed by atoms with Gasteiger partial charge in [0.05, 0.1) is 25.8 Å². The van der Waals surface area contributed by atoms with Crippen molar-refractivity contribution in [1.29, 1.82) is 0 Å². The number of quaternary nitrogens is 1. The maximum atomic E-state index is 10.0. The molecule has 3 nitrogen and oxygen atoms in total. The van der Waals surface area contributed by atoms with Crippen molar-refractivity contribution in [2.45, 2.75) is 26.3 Å². The highest BCUT2D eigenvalue weighted by molar-refractivity contribution is 5.44. The van der Waals surface area contributed by atoms with Crippen molar-refractivity contribution >= 4 is 0 Å². The van der Waals surface area contributed by atoms with Crippen molar-refractivity contribution < 1.29 is 14.7 Å². The Morgan fingerprint density at radius 2 is 2.06 bits per heavy atom. The Bertz CT molecular complexity index is 370. The van der Waals surface area contributed by atoms with E-state index in [-0.39, 0.29) is 0 Å². The molecule has 1 heterocycles. The first kappa shape index (κ1) is 12.2. The lowest BCUT2D eigenvalue weighted by atomic mass is 9.99. The molecule has 0 aliphatic carbocycles. The van der Waals surface area contributed by atoms with Crippen LogP contribution in [0.5, 0.6) is 11.5 Å². The highest BCUT2D eigenvalue weighted by atomic mass is 16.5. The second-order valence-corrected chi connectivity index (χ2v) is 5.08. The van der Waals surface area contributed by atoms with E-state index >= 15 is 0 Å². The maximum Gasteiger partial charge on any atom is 0.166 e. The van der Waals surface area contributed by atoms with Gasteiger partial charge in [0.15, 0.2) is 11.5 Å². The van der Waals surface area contributed by atoms with Crippen LogP contribution in [0.25, 0.3) is 0 Å². The molecule has 3 heteroatoms. The number of hydrogen-bond donors (Lipinski definition) is 2. The second kappa shape index (κ2) is 5.41. The normalized spacial score (nSPS) is 24.6. The number of likely N-dealkylation sites (tertiary alicyclic amines) is 1. The Hall–Kier alpha value is -1.22. The molecule has 1 aliphatic heterocycles. The summed E-state index contributed by atoms with van der Waals surface area (Å²) in [5.41, 5.74) is 0.994. The van der Waals surface area contributed by atoms with E-state index in [0.717, 1.165) is 18.0 Å². The van der Waals surface area contributed by atoms with E-state index in [1.54, 1.807) is 18.1 Å². The molecule has 0 aromatic heterocycles. The molecule has 1 aromatic carbocycles. The smallest absolute Gasteiger partial charge is 0.166 e. The number of phenolic OH excluding ortho intramolecular Hbond substituents is 1. The quantitative estimate of drug-likeness (QED) is 0.827. The fraction of sp³-hybridized carbons (Fsp3) is 0.571. The van der Waals surface area contributed by atoms with E-state index in [2.05, 4.69) is 6.92 Å². The van der Waals surface area contributed by atoms with Gasteiger partial charge in [0.1, 0.15) is 6.54 Å². The zero-order chi connectivity index (χ0) is 12.3. The summed E-state index contributed by atoms with van der Waals surface area (Å²) in [6.45, 7) is 5.63. The maximum absolute atomic E-state index is 10.0. The molecule has 17 heavy (non-hydrogen) atoms. The number of piperidine rings is 1. The molecule has 0 unspecified atom stereocenters. The topological polar surface area (TPSA) is 33.9 Å². The Morgan fingerprint density at radius 3 is 2.71 bits per heavy atom. The van der Waals surface area contributed by atoms with E-state index in [1.807, 2.05) is 12.1 Å². The summed E-state index contributed by atoms with van der Waals surface area (Å²) in [4.78, 5) is 1.56. The average molecular weight is 236 g/mol. The number of benzene rings is 1. The summed E-state index contributed by atoms with van der Waals surface area (Å²) < 4.78 is 5.13. The third-order valence-electron chi connectivity index (χ3n) is 3.72. The van der Waals surface area contributed by atoms with Crippen molar-refractivity contribution in [2.75, 3.05) is 20.2 Å². The molecule has 0 radical (unpaired) electrons. The largest absolute Gasteiger partial charge is 0.504 e. The van der Waals surface area contributed by atoms with Gasteiger partial charge in [-0.05, 0) is 30.9 Å². The highest BCUT2D eigenvalue weighted by Gasteiger charge is 2.20. The van der Waals surface area contributed by atoms with Crippen molar-refractivity contribution in [3.05, 3.63) is 23.8 Å². The minimum Gasteiger partial charge on any atom is -0.504 e. The number of nitrogens with one attached hydrogen (secondary N) is 1. The van der Waals surface area contributed by atoms with Crippen molar-refractivity contribution in [2.24, 2.45) is 5.92 Å². The molecular weight excluding hydrogens is 214 g/mol. The molecule has 2 N–H and O–H groups in total. The van der Waals surface area contributed by atoms with Crippen molar-refractivity contribution in [3.8, 4) is 11.5 Å². The predicted molar refractivity (Wildman–Crippen MR) is 67.5 cm³/mol. The molecule has 1 aliphatic rings. The molecule has 2 rings (SSSR count). The van der Waals surface area contributed by atoms with Gasteiger partial charge in [-0.25, -0.2) is 0 Å². The van der Waals surface area contributed by atoms with E-state index in [4.69, 9.17) is 4.74 Å². The summed E-state index contributed by atoms with van der Waals surface area (Å²) in [7, 11) is 1.59. The zero-order valence-electron chi connectivity index (χ0n) is 10.7. The molecule has 0 bridgehead atoms. The second-order valence-electron chi connectivity index (χ2n) is 5.08. The van der Waals surface area contributed by atoms with Crippen molar-refractivity contribution in [3.63, 3.8) is 0 Å². The minimum atomic E-state index is 0.307. The van der Waals surface area contributed by atoms with Crippen molar-refractivity contribution in [1.82, 2.24) is 0 Å². The van der Waals surface area contributed by atoms with Crippen LogP contribution >= 0.6 is 0 Å². The van der Waals surface area contributed by atoms with Crippen LogP contribution in [0.2, 0.25) is 0 Å². The fourth-order valence-corrected chi connectivity index (χ4v) is 2.49. The Morgan fingerprint density at radius 1 is 1.35 bits per heavy atom. The third-order valence-corrected chi connectivity index (χ3v) is 3.72. The highest BCUT2D eigenvalue weighted by Crippen LogP contribution is 2.28. The standard InChI is InChI=1S/C14H21NO2/c1-11-6-8-15(9-7-11)10-12-4-3-5-13(17-2)14(12)16/h3-5,11,16H,6-10H2,1-2H3/p+1. The molecule has 94 valence electrons. The Balaban J connectivity index is 2.03. The molecule has 0 amide bonds. The van der Waals surface area contributed by atoms with Crippen LogP contribution in [0, 0.1) is 5.92 Å². The molecular formula is C14H22NO2+. The number of ether oxygens (including phenoxy) is 1. The van der Waals surface area contributed by atoms with Gasteiger partial charge in [0, 0.05) is 0 Å². The molecule has 1 aromatic rings. The van der Waals surface area contributed by atoms with Gasteiger partial charge in [-0.1, -0.05) is 13.0 Å². The molecule has 0 spiro atoms. The van der Waals surface area contributed by atoms with E-state index in [1.165, 1.54) is 25.9 Å². The van der Waals surface area contributed by atoms with E-state index < -0.39 is 0 Å². The number of aromatic hydroxyl groups is 1. The predicted octanol–water partition coefficient (Wildman–Crippen LogP) is 1.22. The Kier molecular flexibility index (Phi) is 3.89. The number of methoxy groups -OCH3 is 1. The lowest BCUT2D eigenvalue weighted by molar-refractivity contribution is -0.919. The summed E-state index contributed by atoms with van der Waals surface area (Å²) in [5, 5.41) is 10.0.